The zero-order chi connectivity index (χ0) is 15.7. The van der Waals surface area contributed by atoms with Crippen LogP contribution in [0.2, 0.25) is 0 Å². The predicted octanol–water partition coefficient (Wildman–Crippen LogP) is 1.27. The van der Waals surface area contributed by atoms with Crippen molar-refractivity contribution in [3.8, 4) is 5.69 Å². The second kappa shape index (κ2) is 5.53. The Morgan fingerprint density at radius 3 is 2.57 bits per heavy atom. The lowest BCUT2D eigenvalue weighted by Gasteiger charge is -2.08. The molecule has 7 heteroatoms. The van der Waals surface area contributed by atoms with Crippen LogP contribution in [0.3, 0.4) is 0 Å². The molecule has 0 aliphatic rings. The van der Waals surface area contributed by atoms with E-state index in [9.17, 15) is 9.18 Å². The first-order valence-electron chi connectivity index (χ1n) is 6.53. The Labute approximate surface area is 121 Å². The largest absolute Gasteiger partial charge is 0.395 e. The van der Waals surface area contributed by atoms with Gasteiger partial charge in [0.25, 0.3) is 5.91 Å². The Kier molecular flexibility index (Phi) is 3.95. The van der Waals surface area contributed by atoms with E-state index < -0.39 is 11.7 Å². The normalized spacial score (nSPS) is 11.1. The molecule has 0 bridgehead atoms. The molecule has 0 fully saturated rings. The van der Waals surface area contributed by atoms with Gasteiger partial charge in [0.1, 0.15) is 11.5 Å². The SMILES string of the molecule is CC(C)c1nn(-c2ccc(CN)cc2F)c(C(N)=O)c1N. The van der Waals surface area contributed by atoms with Crippen molar-refractivity contribution in [3.63, 3.8) is 0 Å². The molecule has 2 rings (SSSR count). The maximum atomic E-state index is 14.2. The first-order chi connectivity index (χ1) is 9.86. The number of nitrogen functional groups attached to an aromatic ring is 1. The number of nitrogens with two attached hydrogens (primary N) is 3. The molecule has 1 amide bonds. The third kappa shape index (κ3) is 2.59. The van der Waals surface area contributed by atoms with Gasteiger partial charge in [-0.05, 0) is 23.6 Å². The molecule has 112 valence electrons. The number of nitrogens with zero attached hydrogens (tertiary/aromatic N) is 2. The van der Waals surface area contributed by atoms with E-state index in [1.807, 2.05) is 13.8 Å². The number of hydrogen-bond acceptors (Lipinski definition) is 4. The second-order valence-electron chi connectivity index (χ2n) is 5.07. The Morgan fingerprint density at radius 2 is 2.10 bits per heavy atom. The maximum Gasteiger partial charge on any atom is 0.269 e. The van der Waals surface area contributed by atoms with E-state index in [0.717, 1.165) is 4.68 Å². The van der Waals surface area contributed by atoms with Crippen LogP contribution in [0.5, 0.6) is 0 Å². The zero-order valence-electron chi connectivity index (χ0n) is 11.9. The Balaban J connectivity index is 2.68. The van der Waals surface area contributed by atoms with Gasteiger partial charge in [-0.15, -0.1) is 0 Å². The van der Waals surface area contributed by atoms with Crippen LogP contribution in [0.1, 0.15) is 41.5 Å². The van der Waals surface area contributed by atoms with Crippen molar-refractivity contribution in [2.75, 3.05) is 5.73 Å². The molecule has 2 aromatic rings. The van der Waals surface area contributed by atoms with E-state index >= 15 is 0 Å². The molecule has 0 unspecified atom stereocenters. The average Bonchev–Trinajstić information content (AvgIpc) is 2.76. The van der Waals surface area contributed by atoms with Crippen LogP contribution in [0.4, 0.5) is 10.1 Å². The quantitative estimate of drug-likeness (QED) is 0.787. The lowest BCUT2D eigenvalue weighted by molar-refractivity contribution is 0.0993. The van der Waals surface area contributed by atoms with Crippen molar-refractivity contribution in [2.45, 2.75) is 26.3 Å². The highest BCUT2D eigenvalue weighted by Crippen LogP contribution is 2.27. The molecule has 0 spiro atoms. The molecule has 1 aromatic carbocycles. The summed E-state index contributed by atoms with van der Waals surface area (Å²) < 4.78 is 15.4. The molecule has 0 aliphatic carbocycles. The fourth-order valence-electron chi connectivity index (χ4n) is 2.13. The van der Waals surface area contributed by atoms with Crippen molar-refractivity contribution in [3.05, 3.63) is 41.0 Å². The number of anilines is 1. The third-order valence-corrected chi connectivity index (χ3v) is 3.21. The monoisotopic (exact) mass is 291 g/mol. The topological polar surface area (TPSA) is 113 Å². The van der Waals surface area contributed by atoms with Gasteiger partial charge in [0, 0.05) is 6.54 Å². The highest BCUT2D eigenvalue weighted by atomic mass is 19.1. The molecular weight excluding hydrogens is 273 g/mol. The highest BCUT2D eigenvalue weighted by Gasteiger charge is 2.23. The number of halogens is 1. The zero-order valence-corrected chi connectivity index (χ0v) is 11.9. The van der Waals surface area contributed by atoms with Crippen LogP contribution in [0.25, 0.3) is 5.69 Å². The predicted molar refractivity (Wildman–Crippen MR) is 78.4 cm³/mol. The van der Waals surface area contributed by atoms with Crippen LogP contribution in [-0.2, 0) is 6.54 Å². The smallest absolute Gasteiger partial charge is 0.269 e. The molecule has 0 saturated heterocycles. The number of carbonyl (C=O) groups is 1. The number of rotatable bonds is 4. The molecule has 0 aliphatic heterocycles. The van der Waals surface area contributed by atoms with E-state index in [1.54, 1.807) is 6.07 Å². The van der Waals surface area contributed by atoms with Gasteiger partial charge in [0.2, 0.25) is 0 Å². The Morgan fingerprint density at radius 1 is 1.43 bits per heavy atom. The fraction of sp³-hybridized carbons (Fsp3) is 0.286. The summed E-state index contributed by atoms with van der Waals surface area (Å²) in [6.45, 7) is 3.97. The van der Waals surface area contributed by atoms with Crippen molar-refractivity contribution in [1.29, 1.82) is 0 Å². The van der Waals surface area contributed by atoms with Crippen LogP contribution >= 0.6 is 0 Å². The summed E-state index contributed by atoms with van der Waals surface area (Å²) in [5, 5.41) is 4.24. The highest BCUT2D eigenvalue weighted by molar-refractivity contribution is 5.97. The van der Waals surface area contributed by atoms with Crippen LogP contribution in [0, 0.1) is 5.82 Å². The van der Waals surface area contributed by atoms with E-state index in [0.29, 0.717) is 11.3 Å². The molecule has 0 atom stereocenters. The summed E-state index contributed by atoms with van der Waals surface area (Å²) in [4.78, 5) is 11.6. The van der Waals surface area contributed by atoms with E-state index in [-0.39, 0.29) is 29.5 Å². The fourth-order valence-corrected chi connectivity index (χ4v) is 2.13. The van der Waals surface area contributed by atoms with Gasteiger partial charge >= 0.3 is 0 Å². The number of carbonyl (C=O) groups excluding carboxylic acids is 1. The molecular formula is C14H18FN5O. The van der Waals surface area contributed by atoms with Gasteiger partial charge in [-0.25, -0.2) is 9.07 Å². The number of primary amides is 1. The van der Waals surface area contributed by atoms with Crippen LogP contribution in [0.15, 0.2) is 18.2 Å². The average molecular weight is 291 g/mol. The summed E-state index contributed by atoms with van der Waals surface area (Å²) in [6.07, 6.45) is 0. The first kappa shape index (κ1) is 15.0. The lowest BCUT2D eigenvalue weighted by Crippen LogP contribution is -2.19. The second-order valence-corrected chi connectivity index (χ2v) is 5.07. The maximum absolute atomic E-state index is 14.2. The minimum absolute atomic E-state index is 0.0156. The third-order valence-electron chi connectivity index (χ3n) is 3.21. The summed E-state index contributed by atoms with van der Waals surface area (Å²) in [7, 11) is 0. The van der Waals surface area contributed by atoms with Crippen molar-refractivity contribution >= 4 is 11.6 Å². The van der Waals surface area contributed by atoms with Gasteiger partial charge in [-0.3, -0.25) is 4.79 Å². The standard InChI is InChI=1S/C14H18FN5O/c1-7(2)12-11(17)13(14(18)21)20(19-12)10-4-3-8(6-16)5-9(10)15/h3-5,7H,6,16-17H2,1-2H3,(H2,18,21). The lowest BCUT2D eigenvalue weighted by atomic mass is 10.1. The van der Waals surface area contributed by atoms with Gasteiger partial charge in [-0.2, -0.15) is 5.10 Å². The summed E-state index contributed by atoms with van der Waals surface area (Å²) >= 11 is 0. The van der Waals surface area contributed by atoms with Crippen molar-refractivity contribution in [2.24, 2.45) is 11.5 Å². The first-order valence-corrected chi connectivity index (χ1v) is 6.53. The molecule has 0 saturated carbocycles. The molecule has 0 radical (unpaired) electrons. The molecule has 21 heavy (non-hydrogen) atoms. The van der Waals surface area contributed by atoms with Crippen LogP contribution < -0.4 is 17.2 Å². The van der Waals surface area contributed by atoms with Crippen LogP contribution in [-0.4, -0.2) is 15.7 Å². The summed E-state index contributed by atoms with van der Waals surface area (Å²) in [6, 6.07) is 4.46. The van der Waals surface area contributed by atoms with Gasteiger partial charge < -0.3 is 17.2 Å². The van der Waals surface area contributed by atoms with Gasteiger partial charge in [-0.1, -0.05) is 19.9 Å². The van der Waals surface area contributed by atoms with Crippen molar-refractivity contribution in [1.82, 2.24) is 9.78 Å². The van der Waals surface area contributed by atoms with E-state index in [2.05, 4.69) is 5.10 Å². The minimum Gasteiger partial charge on any atom is -0.395 e. The molecule has 1 aromatic heterocycles. The summed E-state index contributed by atoms with van der Waals surface area (Å²) in [5.74, 6) is -1.32. The molecule has 6 N–H and O–H groups in total. The van der Waals surface area contributed by atoms with Crippen molar-refractivity contribution < 1.29 is 9.18 Å². The Hall–Kier alpha value is -2.41. The summed E-state index contributed by atoms with van der Waals surface area (Å²) in [5.41, 5.74) is 18.2. The van der Waals surface area contributed by atoms with Gasteiger partial charge in [0.15, 0.2) is 5.69 Å². The number of benzene rings is 1. The molecule has 1 heterocycles. The Bertz CT molecular complexity index is 693. The van der Waals surface area contributed by atoms with Gasteiger partial charge in [0.05, 0.1) is 11.4 Å². The number of aromatic nitrogens is 2. The number of hydrogen-bond donors (Lipinski definition) is 3. The molecule has 6 nitrogen and oxygen atoms in total. The minimum atomic E-state index is -0.755. The van der Waals surface area contributed by atoms with E-state index in [4.69, 9.17) is 17.2 Å². The van der Waals surface area contributed by atoms with E-state index in [1.165, 1.54) is 12.1 Å². The number of amides is 1.